The predicted molar refractivity (Wildman–Crippen MR) is 73.0 cm³/mol. The van der Waals surface area contributed by atoms with E-state index < -0.39 is 0 Å². The minimum Gasteiger partial charge on any atom is -0.322 e. The van der Waals surface area contributed by atoms with Crippen LogP contribution < -0.4 is 5.73 Å². The molecule has 0 radical (unpaired) electrons. The molecule has 0 saturated heterocycles. The van der Waals surface area contributed by atoms with Crippen LogP contribution in [0.1, 0.15) is 25.8 Å². The Morgan fingerprint density at radius 3 is 2.31 bits per heavy atom. The third-order valence-corrected chi connectivity index (χ3v) is 3.14. The molecule has 16 heavy (non-hydrogen) atoms. The quantitative estimate of drug-likeness (QED) is 0.841. The van der Waals surface area contributed by atoms with Gasteiger partial charge in [-0.05, 0) is 35.7 Å². The Morgan fingerprint density at radius 2 is 1.69 bits per heavy atom. The Bertz CT molecular complexity index is 477. The summed E-state index contributed by atoms with van der Waals surface area (Å²) >= 11 is 0. The van der Waals surface area contributed by atoms with E-state index in [1.807, 2.05) is 0 Å². The van der Waals surface area contributed by atoms with E-state index in [-0.39, 0.29) is 17.9 Å². The van der Waals surface area contributed by atoms with Gasteiger partial charge >= 0.3 is 0 Å². The molecule has 0 aromatic heterocycles. The Labute approximate surface area is 103 Å². The molecule has 0 aliphatic carbocycles. The molecular weight excluding hydrogens is 218 g/mol. The van der Waals surface area contributed by atoms with Crippen LogP contribution in [-0.2, 0) is 5.54 Å². The average molecular weight is 236 g/mol. The molecule has 0 fully saturated rings. The van der Waals surface area contributed by atoms with Crippen molar-refractivity contribution in [3.8, 4) is 0 Å². The summed E-state index contributed by atoms with van der Waals surface area (Å²) < 4.78 is 0. The number of nitrogens with two attached hydrogens (primary N) is 1. The van der Waals surface area contributed by atoms with Gasteiger partial charge in [0.25, 0.3) is 0 Å². The molecule has 0 amide bonds. The molecule has 1 atom stereocenters. The van der Waals surface area contributed by atoms with E-state index in [4.69, 9.17) is 5.73 Å². The van der Waals surface area contributed by atoms with Crippen molar-refractivity contribution < 1.29 is 0 Å². The van der Waals surface area contributed by atoms with Crippen LogP contribution in [0.4, 0.5) is 0 Å². The maximum atomic E-state index is 6.23. The molecule has 2 aromatic rings. The van der Waals surface area contributed by atoms with Gasteiger partial charge in [0.2, 0.25) is 0 Å². The van der Waals surface area contributed by atoms with Crippen molar-refractivity contribution in [1.29, 1.82) is 0 Å². The minimum atomic E-state index is -0.218. The van der Waals surface area contributed by atoms with Crippen molar-refractivity contribution >= 4 is 23.2 Å². The molecule has 0 spiro atoms. The highest BCUT2D eigenvalue weighted by molar-refractivity contribution is 5.85. The molecule has 2 rings (SSSR count). The van der Waals surface area contributed by atoms with Crippen LogP contribution in [0, 0.1) is 0 Å². The molecule has 1 unspecified atom stereocenters. The zero-order valence-electron chi connectivity index (χ0n) is 9.73. The molecule has 2 N–H and O–H groups in total. The molecule has 1 nitrogen and oxygen atoms in total. The van der Waals surface area contributed by atoms with Crippen LogP contribution in [0.2, 0.25) is 0 Å². The highest BCUT2D eigenvalue weighted by Crippen LogP contribution is 2.25. The fourth-order valence-electron chi connectivity index (χ4n) is 1.75. The minimum absolute atomic E-state index is 0. The van der Waals surface area contributed by atoms with E-state index in [1.165, 1.54) is 16.3 Å². The number of hydrogen-bond acceptors (Lipinski definition) is 1. The van der Waals surface area contributed by atoms with Crippen LogP contribution in [0.3, 0.4) is 0 Å². The fraction of sp³-hybridized carbons (Fsp3) is 0.286. The van der Waals surface area contributed by atoms with Gasteiger partial charge in [0, 0.05) is 5.54 Å². The van der Waals surface area contributed by atoms with Crippen molar-refractivity contribution in [2.45, 2.75) is 25.8 Å². The summed E-state index contributed by atoms with van der Waals surface area (Å²) in [4.78, 5) is 0. The molecule has 0 saturated carbocycles. The Morgan fingerprint density at radius 1 is 1.06 bits per heavy atom. The molecule has 0 aliphatic rings. The zero-order valence-corrected chi connectivity index (χ0v) is 10.6. The van der Waals surface area contributed by atoms with Gasteiger partial charge in [-0.2, -0.15) is 0 Å². The summed E-state index contributed by atoms with van der Waals surface area (Å²) in [5.74, 6) is 0. The number of fused-ring (bicyclic) bond motifs is 1. The largest absolute Gasteiger partial charge is 0.322 e. The van der Waals surface area contributed by atoms with Gasteiger partial charge in [-0.3, -0.25) is 0 Å². The van der Waals surface area contributed by atoms with Gasteiger partial charge in [-0.25, -0.2) is 0 Å². The highest BCUT2D eigenvalue weighted by Gasteiger charge is 2.18. The SMILES string of the molecule is CCC(C)(N)c1ccc2ccccc2c1.Cl. The second kappa shape index (κ2) is 4.86. The first-order chi connectivity index (χ1) is 7.13. The second-order valence-electron chi connectivity index (χ2n) is 4.33. The molecule has 2 aromatic carbocycles. The molecule has 0 bridgehead atoms. The first-order valence-electron chi connectivity index (χ1n) is 5.41. The third kappa shape index (κ3) is 2.37. The fourth-order valence-corrected chi connectivity index (χ4v) is 1.75. The number of rotatable bonds is 2. The van der Waals surface area contributed by atoms with E-state index in [1.54, 1.807) is 0 Å². The highest BCUT2D eigenvalue weighted by atomic mass is 35.5. The van der Waals surface area contributed by atoms with Crippen molar-refractivity contribution in [2.24, 2.45) is 5.73 Å². The van der Waals surface area contributed by atoms with Crippen LogP contribution in [0.5, 0.6) is 0 Å². The van der Waals surface area contributed by atoms with Crippen molar-refractivity contribution in [2.75, 3.05) is 0 Å². The normalized spacial score (nSPS) is 14.2. The number of benzene rings is 2. The van der Waals surface area contributed by atoms with Crippen LogP contribution in [-0.4, -0.2) is 0 Å². The average Bonchev–Trinajstić information content (AvgIpc) is 2.28. The first kappa shape index (κ1) is 13.0. The van der Waals surface area contributed by atoms with Crippen LogP contribution in [0.15, 0.2) is 42.5 Å². The molecule has 0 heterocycles. The summed E-state index contributed by atoms with van der Waals surface area (Å²) in [6.45, 7) is 4.20. The summed E-state index contributed by atoms with van der Waals surface area (Å²) in [7, 11) is 0. The Kier molecular flexibility index (Phi) is 3.95. The third-order valence-electron chi connectivity index (χ3n) is 3.14. The smallest absolute Gasteiger partial charge is 0.0378 e. The van der Waals surface area contributed by atoms with Crippen LogP contribution >= 0.6 is 12.4 Å². The van der Waals surface area contributed by atoms with Gasteiger partial charge in [0.15, 0.2) is 0 Å². The monoisotopic (exact) mass is 235 g/mol. The summed E-state index contributed by atoms with van der Waals surface area (Å²) in [6.07, 6.45) is 0.950. The van der Waals surface area contributed by atoms with Gasteiger partial charge < -0.3 is 5.73 Å². The number of hydrogen-bond donors (Lipinski definition) is 1. The lowest BCUT2D eigenvalue weighted by molar-refractivity contribution is 0.477. The van der Waals surface area contributed by atoms with Gasteiger partial charge in [0.05, 0.1) is 0 Å². The van der Waals surface area contributed by atoms with E-state index in [2.05, 4.69) is 56.3 Å². The number of halogens is 1. The van der Waals surface area contributed by atoms with Gasteiger partial charge in [-0.1, -0.05) is 43.3 Å². The maximum Gasteiger partial charge on any atom is 0.0378 e. The van der Waals surface area contributed by atoms with E-state index in [0.29, 0.717) is 0 Å². The lowest BCUT2D eigenvalue weighted by atomic mass is 9.89. The molecule has 86 valence electrons. The summed E-state index contributed by atoms with van der Waals surface area (Å²) in [5, 5.41) is 2.54. The summed E-state index contributed by atoms with van der Waals surface area (Å²) in [5.41, 5.74) is 7.22. The van der Waals surface area contributed by atoms with E-state index in [9.17, 15) is 0 Å². The lowest BCUT2D eigenvalue weighted by Gasteiger charge is -2.23. The maximum absolute atomic E-state index is 6.23. The Hall–Kier alpha value is -1.05. The van der Waals surface area contributed by atoms with E-state index in [0.717, 1.165) is 6.42 Å². The first-order valence-corrected chi connectivity index (χ1v) is 5.41. The zero-order chi connectivity index (χ0) is 10.9. The molecule has 2 heteroatoms. The molecule has 0 aliphatic heterocycles. The van der Waals surface area contributed by atoms with Crippen LogP contribution in [0.25, 0.3) is 10.8 Å². The van der Waals surface area contributed by atoms with Gasteiger partial charge in [-0.15, -0.1) is 12.4 Å². The predicted octanol–water partition coefficient (Wildman–Crippen LogP) is 3.85. The van der Waals surface area contributed by atoms with Crippen molar-refractivity contribution in [1.82, 2.24) is 0 Å². The Balaban J connectivity index is 0.00000128. The second-order valence-corrected chi connectivity index (χ2v) is 4.33. The standard InChI is InChI=1S/C14H17N.ClH/c1-3-14(2,15)13-9-8-11-6-4-5-7-12(11)10-13;/h4-10H,3,15H2,1-2H3;1H. The van der Waals surface area contributed by atoms with E-state index >= 15 is 0 Å². The van der Waals surface area contributed by atoms with Crippen molar-refractivity contribution in [3.63, 3.8) is 0 Å². The van der Waals surface area contributed by atoms with Crippen molar-refractivity contribution in [3.05, 3.63) is 48.0 Å². The summed E-state index contributed by atoms with van der Waals surface area (Å²) in [6, 6.07) is 14.8. The lowest BCUT2D eigenvalue weighted by Crippen LogP contribution is -2.31. The topological polar surface area (TPSA) is 26.0 Å². The molecular formula is C14H18ClN. The van der Waals surface area contributed by atoms with Gasteiger partial charge in [0.1, 0.15) is 0 Å².